The summed E-state index contributed by atoms with van der Waals surface area (Å²) in [6.45, 7) is 2.77. The lowest BCUT2D eigenvalue weighted by Crippen LogP contribution is -2.28. The first-order valence-corrected chi connectivity index (χ1v) is 8.18. The Labute approximate surface area is 130 Å². The molecular formula is C16H21N3OS. The molecule has 2 aromatic rings. The summed E-state index contributed by atoms with van der Waals surface area (Å²) in [6.07, 6.45) is 6.57. The van der Waals surface area contributed by atoms with Crippen LogP contribution in [0.15, 0.2) is 47.6 Å². The zero-order chi connectivity index (χ0) is 15.1. The van der Waals surface area contributed by atoms with Crippen molar-refractivity contribution in [2.45, 2.75) is 24.3 Å². The third-order valence-corrected chi connectivity index (χ3v) is 3.90. The minimum absolute atomic E-state index is 0.0985. The highest BCUT2D eigenvalue weighted by atomic mass is 32.2. The van der Waals surface area contributed by atoms with E-state index in [9.17, 15) is 0 Å². The van der Waals surface area contributed by atoms with Crippen molar-refractivity contribution in [3.8, 4) is 5.75 Å². The van der Waals surface area contributed by atoms with Gasteiger partial charge in [-0.15, -0.1) is 11.8 Å². The van der Waals surface area contributed by atoms with E-state index in [1.165, 1.54) is 4.90 Å². The number of hydrazine groups is 1. The van der Waals surface area contributed by atoms with Gasteiger partial charge in [0.25, 0.3) is 0 Å². The maximum atomic E-state index is 5.73. The van der Waals surface area contributed by atoms with Crippen LogP contribution >= 0.6 is 11.8 Å². The van der Waals surface area contributed by atoms with Crippen molar-refractivity contribution in [3.05, 3.63) is 53.9 Å². The summed E-state index contributed by atoms with van der Waals surface area (Å²) in [5.74, 6) is 6.51. The molecule has 0 saturated heterocycles. The molecule has 0 bridgehead atoms. The van der Waals surface area contributed by atoms with Crippen LogP contribution < -0.4 is 16.0 Å². The summed E-state index contributed by atoms with van der Waals surface area (Å²) in [6, 6.07) is 10.2. The number of ether oxygens (including phenoxy) is 1. The van der Waals surface area contributed by atoms with E-state index in [0.717, 1.165) is 23.3 Å². The van der Waals surface area contributed by atoms with Crippen LogP contribution in [0.4, 0.5) is 0 Å². The zero-order valence-electron chi connectivity index (χ0n) is 12.4. The fraction of sp³-hybridized carbons (Fsp3) is 0.312. The quantitative estimate of drug-likeness (QED) is 0.467. The van der Waals surface area contributed by atoms with Crippen LogP contribution in [-0.2, 0) is 0 Å². The first-order valence-electron chi connectivity index (χ1n) is 6.96. The van der Waals surface area contributed by atoms with E-state index in [1.807, 2.05) is 12.3 Å². The average molecular weight is 303 g/mol. The highest BCUT2D eigenvalue weighted by Gasteiger charge is 2.13. The third-order valence-electron chi connectivity index (χ3n) is 3.16. The molecule has 3 N–H and O–H groups in total. The molecule has 112 valence electrons. The number of pyridine rings is 1. The molecule has 1 atom stereocenters. The Hall–Kier alpha value is -1.56. The van der Waals surface area contributed by atoms with Crippen LogP contribution in [0.25, 0.3) is 0 Å². The Morgan fingerprint density at radius 3 is 2.62 bits per heavy atom. The van der Waals surface area contributed by atoms with Gasteiger partial charge in [-0.2, -0.15) is 0 Å². The Balaban J connectivity index is 2.23. The van der Waals surface area contributed by atoms with Gasteiger partial charge in [-0.3, -0.25) is 10.8 Å². The second-order valence-electron chi connectivity index (χ2n) is 4.68. The highest BCUT2D eigenvalue weighted by Crippen LogP contribution is 2.25. The third kappa shape index (κ3) is 4.20. The maximum absolute atomic E-state index is 5.73. The van der Waals surface area contributed by atoms with E-state index in [2.05, 4.69) is 47.9 Å². The monoisotopic (exact) mass is 303 g/mol. The summed E-state index contributed by atoms with van der Waals surface area (Å²) in [5.41, 5.74) is 4.94. The molecule has 0 amide bonds. The first-order chi connectivity index (χ1) is 10.3. The van der Waals surface area contributed by atoms with Crippen molar-refractivity contribution in [3.63, 3.8) is 0 Å². The molecule has 0 fully saturated rings. The summed E-state index contributed by atoms with van der Waals surface area (Å²) in [5, 5.41) is 0. The number of aromatic nitrogens is 1. The van der Waals surface area contributed by atoms with Crippen molar-refractivity contribution in [1.29, 1.82) is 0 Å². The molecule has 1 heterocycles. The minimum atomic E-state index is -0.0985. The Bertz CT molecular complexity index is 560. The molecule has 0 aliphatic carbocycles. The van der Waals surface area contributed by atoms with Crippen LogP contribution in [0.2, 0.25) is 0 Å². The van der Waals surface area contributed by atoms with Gasteiger partial charge >= 0.3 is 0 Å². The van der Waals surface area contributed by atoms with E-state index in [1.54, 1.807) is 18.0 Å². The minimum Gasteiger partial charge on any atom is -0.492 e. The largest absolute Gasteiger partial charge is 0.492 e. The van der Waals surface area contributed by atoms with Gasteiger partial charge in [-0.1, -0.05) is 19.1 Å². The normalized spacial score (nSPS) is 12.1. The number of rotatable bonds is 7. The lowest BCUT2D eigenvalue weighted by Gasteiger charge is -2.17. The summed E-state index contributed by atoms with van der Waals surface area (Å²) < 4.78 is 5.63. The summed E-state index contributed by atoms with van der Waals surface area (Å²) in [4.78, 5) is 5.47. The zero-order valence-corrected chi connectivity index (χ0v) is 13.2. The molecule has 0 radical (unpaired) electrons. The molecule has 1 aromatic carbocycles. The van der Waals surface area contributed by atoms with E-state index in [-0.39, 0.29) is 6.04 Å². The van der Waals surface area contributed by atoms with Gasteiger partial charge in [0.15, 0.2) is 0 Å². The molecule has 0 spiro atoms. The average Bonchev–Trinajstić information content (AvgIpc) is 2.55. The molecular weight excluding hydrogens is 282 g/mol. The van der Waals surface area contributed by atoms with E-state index in [4.69, 9.17) is 10.6 Å². The predicted octanol–water partition coefficient (Wildman–Crippen LogP) is 3.15. The lowest BCUT2D eigenvalue weighted by atomic mass is 10.0. The summed E-state index contributed by atoms with van der Waals surface area (Å²) in [7, 11) is 0. The highest BCUT2D eigenvalue weighted by molar-refractivity contribution is 7.98. The van der Waals surface area contributed by atoms with Crippen molar-refractivity contribution in [2.75, 3.05) is 12.9 Å². The molecule has 21 heavy (non-hydrogen) atoms. The van der Waals surface area contributed by atoms with Gasteiger partial charge in [0.1, 0.15) is 5.75 Å². The van der Waals surface area contributed by atoms with E-state index < -0.39 is 0 Å². The van der Waals surface area contributed by atoms with Gasteiger partial charge < -0.3 is 4.74 Å². The van der Waals surface area contributed by atoms with Crippen LogP contribution in [-0.4, -0.2) is 17.8 Å². The molecule has 1 unspecified atom stereocenters. The number of thioether (sulfide) groups is 1. The number of nitrogens with zero attached hydrogens (tertiary/aromatic N) is 1. The molecule has 4 nitrogen and oxygen atoms in total. The molecule has 5 heteroatoms. The van der Waals surface area contributed by atoms with Crippen LogP contribution in [0, 0.1) is 0 Å². The second kappa shape index (κ2) is 8.02. The topological polar surface area (TPSA) is 60.2 Å². The summed E-state index contributed by atoms with van der Waals surface area (Å²) >= 11 is 1.72. The van der Waals surface area contributed by atoms with Crippen molar-refractivity contribution in [2.24, 2.45) is 5.84 Å². The molecule has 0 aliphatic heterocycles. The van der Waals surface area contributed by atoms with Crippen LogP contribution in [0.1, 0.15) is 30.5 Å². The lowest BCUT2D eigenvalue weighted by molar-refractivity contribution is 0.315. The first kappa shape index (κ1) is 15.8. The van der Waals surface area contributed by atoms with Crippen LogP contribution in [0.3, 0.4) is 0 Å². The number of nitrogens with one attached hydrogen (secondary N) is 1. The number of benzene rings is 1. The van der Waals surface area contributed by atoms with E-state index in [0.29, 0.717) is 6.61 Å². The number of nitrogens with two attached hydrogens (primary N) is 1. The van der Waals surface area contributed by atoms with Crippen molar-refractivity contribution >= 4 is 11.8 Å². The van der Waals surface area contributed by atoms with Gasteiger partial charge in [0, 0.05) is 11.1 Å². The maximum Gasteiger partial charge on any atom is 0.137 e. The predicted molar refractivity (Wildman–Crippen MR) is 87.4 cm³/mol. The molecule has 0 aliphatic rings. The van der Waals surface area contributed by atoms with Crippen LogP contribution in [0.5, 0.6) is 5.75 Å². The van der Waals surface area contributed by atoms with Gasteiger partial charge in [0.05, 0.1) is 18.8 Å². The standard InChI is InChI=1S/C16H21N3OS/c1-3-8-20-14-9-13(10-18-11-14)16(19-17)12-4-6-15(21-2)7-5-12/h4-7,9-11,16,19H,3,8,17H2,1-2H3. The smallest absolute Gasteiger partial charge is 0.137 e. The van der Waals surface area contributed by atoms with Crippen molar-refractivity contribution in [1.82, 2.24) is 10.4 Å². The number of hydrogen-bond acceptors (Lipinski definition) is 5. The van der Waals surface area contributed by atoms with Gasteiger partial charge in [-0.05, 0) is 42.0 Å². The fourth-order valence-electron chi connectivity index (χ4n) is 2.07. The fourth-order valence-corrected chi connectivity index (χ4v) is 2.48. The Morgan fingerprint density at radius 2 is 2.00 bits per heavy atom. The van der Waals surface area contributed by atoms with E-state index >= 15 is 0 Å². The molecule has 2 rings (SSSR count). The second-order valence-corrected chi connectivity index (χ2v) is 5.55. The Morgan fingerprint density at radius 1 is 1.24 bits per heavy atom. The van der Waals surface area contributed by atoms with Gasteiger partial charge in [0.2, 0.25) is 0 Å². The Kier molecular flexibility index (Phi) is 6.04. The number of hydrogen-bond donors (Lipinski definition) is 2. The SMILES string of the molecule is CCCOc1cncc(C(NN)c2ccc(SC)cc2)c1. The molecule has 1 aromatic heterocycles. The van der Waals surface area contributed by atoms with Crippen molar-refractivity contribution < 1.29 is 4.74 Å². The van der Waals surface area contributed by atoms with Gasteiger partial charge in [-0.25, -0.2) is 5.43 Å². The molecule has 0 saturated carbocycles.